The highest BCUT2D eigenvalue weighted by Gasteiger charge is 2.34. The number of amides is 1. The Balaban J connectivity index is 1.71. The van der Waals surface area contributed by atoms with Gasteiger partial charge in [-0.2, -0.15) is 0 Å². The summed E-state index contributed by atoms with van der Waals surface area (Å²) in [6.45, 7) is 2.79. The molecular weight excluding hydrogens is 400 g/mol. The zero-order valence-electron chi connectivity index (χ0n) is 17.8. The summed E-state index contributed by atoms with van der Waals surface area (Å²) in [5.41, 5.74) is 1.69. The van der Waals surface area contributed by atoms with Crippen molar-refractivity contribution in [3.05, 3.63) is 53.6 Å². The van der Waals surface area contributed by atoms with Crippen molar-refractivity contribution in [3.8, 4) is 0 Å². The maximum absolute atomic E-state index is 12.8. The molecule has 7 heteroatoms. The summed E-state index contributed by atoms with van der Waals surface area (Å²) < 4.78 is 31.1. The van der Waals surface area contributed by atoms with Crippen LogP contribution in [0, 0.1) is 5.92 Å². The monoisotopic (exact) mass is 430 g/mol. The summed E-state index contributed by atoms with van der Waals surface area (Å²) in [5.74, 6) is -0.525. The van der Waals surface area contributed by atoms with E-state index < -0.39 is 10.0 Å². The molecular formula is C23H30N2O4S. The number of ether oxygens (including phenoxy) is 1. The average molecular weight is 431 g/mol. The lowest BCUT2D eigenvalue weighted by molar-refractivity contribution is 0.0926. The fourth-order valence-electron chi connectivity index (χ4n) is 3.49. The second kappa shape index (κ2) is 9.73. The number of hydrogen-bond acceptors (Lipinski definition) is 4. The topological polar surface area (TPSA) is 75.7 Å². The number of rotatable bonds is 8. The van der Waals surface area contributed by atoms with Gasteiger partial charge in [0.25, 0.3) is 5.91 Å². The number of unbranched alkanes of at least 4 members (excludes halogenated alkanes) is 1. The predicted octanol–water partition coefficient (Wildman–Crippen LogP) is 3.29. The van der Waals surface area contributed by atoms with Crippen LogP contribution in [0.4, 0.5) is 0 Å². The Hall–Kier alpha value is -2.22. The van der Waals surface area contributed by atoms with Crippen molar-refractivity contribution in [2.45, 2.75) is 25.8 Å². The van der Waals surface area contributed by atoms with Crippen LogP contribution in [0.3, 0.4) is 0 Å². The molecule has 162 valence electrons. The summed E-state index contributed by atoms with van der Waals surface area (Å²) in [7, 11) is -0.335. The third kappa shape index (κ3) is 5.47. The number of nitrogens with one attached hydrogen (secondary N) is 1. The molecule has 0 bridgehead atoms. The van der Waals surface area contributed by atoms with Gasteiger partial charge in [-0.05, 0) is 41.0 Å². The van der Waals surface area contributed by atoms with Crippen LogP contribution in [0.15, 0.2) is 42.5 Å². The lowest BCUT2D eigenvalue weighted by Crippen LogP contribution is -2.43. The predicted molar refractivity (Wildman–Crippen MR) is 121 cm³/mol. The van der Waals surface area contributed by atoms with Crippen LogP contribution < -0.4 is 5.32 Å². The molecule has 0 spiro atoms. The molecule has 1 heterocycles. The third-order valence-electron chi connectivity index (χ3n) is 5.39. The van der Waals surface area contributed by atoms with Crippen molar-refractivity contribution in [2.75, 3.05) is 33.1 Å². The first-order chi connectivity index (χ1) is 14.3. The summed E-state index contributed by atoms with van der Waals surface area (Å²) in [6, 6.07) is 11.5. The van der Waals surface area contributed by atoms with Gasteiger partial charge in [0.2, 0.25) is 10.0 Å². The van der Waals surface area contributed by atoms with Crippen molar-refractivity contribution in [3.63, 3.8) is 0 Å². The first-order valence-corrected chi connectivity index (χ1v) is 11.9. The maximum atomic E-state index is 12.8. The highest BCUT2D eigenvalue weighted by atomic mass is 32.2. The smallest absolute Gasteiger partial charge is 0.251 e. The Morgan fingerprint density at radius 1 is 1.17 bits per heavy atom. The highest BCUT2D eigenvalue weighted by Crippen LogP contribution is 2.21. The molecule has 0 unspecified atom stereocenters. The first-order valence-electron chi connectivity index (χ1n) is 10.3. The van der Waals surface area contributed by atoms with Gasteiger partial charge in [0, 0.05) is 25.6 Å². The maximum Gasteiger partial charge on any atom is 0.251 e. The molecule has 1 amide bonds. The molecule has 2 atom stereocenters. The van der Waals surface area contributed by atoms with Crippen LogP contribution in [-0.2, 0) is 14.8 Å². The van der Waals surface area contributed by atoms with Gasteiger partial charge >= 0.3 is 0 Å². The summed E-state index contributed by atoms with van der Waals surface area (Å²) in [5, 5.41) is 5.02. The van der Waals surface area contributed by atoms with Crippen molar-refractivity contribution >= 4 is 32.8 Å². The lowest BCUT2D eigenvalue weighted by atomic mass is 10.0. The standard InChI is InChI=1S/C23H30N2O4S/c1-4-5-6-7-17-8-9-19-13-20(11-10-18(19)12-17)23(26)24-22-15-29-14-21(22)16-30(27,28)25(2)3/h6-13,21-22H,4-5,14-16H2,1-3H3,(H,24,26)/b7-6+/t21-,22-/m0/s1. The molecule has 0 radical (unpaired) electrons. The summed E-state index contributed by atoms with van der Waals surface area (Å²) >= 11 is 0. The summed E-state index contributed by atoms with van der Waals surface area (Å²) in [6.07, 6.45) is 6.46. The lowest BCUT2D eigenvalue weighted by Gasteiger charge is -2.21. The van der Waals surface area contributed by atoms with E-state index in [2.05, 4.69) is 30.5 Å². The van der Waals surface area contributed by atoms with Crippen LogP contribution >= 0.6 is 0 Å². The van der Waals surface area contributed by atoms with Gasteiger partial charge in [0.05, 0.1) is 25.0 Å². The Morgan fingerprint density at radius 2 is 1.90 bits per heavy atom. The molecule has 1 fully saturated rings. The number of hydrogen-bond donors (Lipinski definition) is 1. The van der Waals surface area contributed by atoms with Crippen LogP contribution in [0.1, 0.15) is 35.7 Å². The Morgan fingerprint density at radius 3 is 2.63 bits per heavy atom. The molecule has 6 nitrogen and oxygen atoms in total. The van der Waals surface area contributed by atoms with Gasteiger partial charge in [0.1, 0.15) is 0 Å². The third-order valence-corrected chi connectivity index (χ3v) is 7.35. The van der Waals surface area contributed by atoms with Crippen LogP contribution in [0.25, 0.3) is 16.8 Å². The van der Waals surface area contributed by atoms with Gasteiger partial charge in [-0.1, -0.05) is 43.7 Å². The quantitative estimate of drug-likeness (QED) is 0.697. The van der Waals surface area contributed by atoms with Crippen molar-refractivity contribution in [2.24, 2.45) is 5.92 Å². The molecule has 1 aliphatic heterocycles. The van der Waals surface area contributed by atoms with Gasteiger partial charge in [-0.3, -0.25) is 4.79 Å². The number of benzene rings is 2. The Kier molecular flexibility index (Phi) is 7.28. The van der Waals surface area contributed by atoms with Crippen molar-refractivity contribution < 1.29 is 17.9 Å². The van der Waals surface area contributed by atoms with E-state index in [4.69, 9.17) is 4.74 Å². The molecule has 1 saturated heterocycles. The van der Waals surface area contributed by atoms with E-state index in [1.54, 1.807) is 6.07 Å². The number of fused-ring (bicyclic) bond motifs is 1. The molecule has 0 aliphatic carbocycles. The number of sulfonamides is 1. The molecule has 2 aromatic carbocycles. The number of allylic oxidation sites excluding steroid dienone is 1. The van der Waals surface area contributed by atoms with E-state index in [1.165, 1.54) is 18.4 Å². The zero-order chi connectivity index (χ0) is 21.7. The van der Waals surface area contributed by atoms with Crippen molar-refractivity contribution in [1.29, 1.82) is 0 Å². The molecule has 1 aliphatic rings. The van der Waals surface area contributed by atoms with Gasteiger partial charge < -0.3 is 10.1 Å². The van der Waals surface area contributed by atoms with E-state index in [0.717, 1.165) is 29.2 Å². The molecule has 0 saturated carbocycles. The van der Waals surface area contributed by atoms with Crippen LogP contribution in [0.2, 0.25) is 0 Å². The van der Waals surface area contributed by atoms with Gasteiger partial charge in [0.15, 0.2) is 0 Å². The molecule has 30 heavy (non-hydrogen) atoms. The summed E-state index contributed by atoms with van der Waals surface area (Å²) in [4.78, 5) is 12.8. The second-order valence-electron chi connectivity index (χ2n) is 7.95. The Labute approximate surface area is 179 Å². The normalized spacial score (nSPS) is 19.7. The van der Waals surface area contributed by atoms with E-state index in [0.29, 0.717) is 18.8 Å². The molecule has 1 N–H and O–H groups in total. The van der Waals surface area contributed by atoms with Crippen molar-refractivity contribution in [1.82, 2.24) is 9.62 Å². The van der Waals surface area contributed by atoms with Crippen LogP contribution in [-0.4, -0.2) is 57.7 Å². The van der Waals surface area contributed by atoms with Gasteiger partial charge in [-0.25, -0.2) is 12.7 Å². The largest absolute Gasteiger partial charge is 0.379 e. The number of carbonyl (C=O) groups excluding carboxylic acids is 1. The minimum atomic E-state index is -3.36. The minimum Gasteiger partial charge on any atom is -0.379 e. The fraction of sp³-hybridized carbons (Fsp3) is 0.435. The first kappa shape index (κ1) is 22.5. The van der Waals surface area contributed by atoms with E-state index >= 15 is 0 Å². The molecule has 3 rings (SSSR count). The SMILES string of the molecule is CCC/C=C/c1ccc2cc(C(=O)N[C@H]3COC[C@H]3CS(=O)(=O)N(C)C)ccc2c1. The molecule has 0 aromatic heterocycles. The fourth-order valence-corrected chi connectivity index (χ4v) is 4.66. The highest BCUT2D eigenvalue weighted by molar-refractivity contribution is 7.89. The van der Waals surface area contributed by atoms with Crippen LogP contribution in [0.5, 0.6) is 0 Å². The van der Waals surface area contributed by atoms with E-state index in [9.17, 15) is 13.2 Å². The average Bonchev–Trinajstić information content (AvgIpc) is 3.13. The van der Waals surface area contributed by atoms with E-state index in [-0.39, 0.29) is 23.6 Å². The minimum absolute atomic E-state index is 0.0446. The Bertz CT molecular complexity index is 1030. The zero-order valence-corrected chi connectivity index (χ0v) is 18.6. The van der Waals surface area contributed by atoms with Gasteiger partial charge in [-0.15, -0.1) is 0 Å². The number of carbonyl (C=O) groups is 1. The van der Waals surface area contributed by atoms with E-state index in [1.807, 2.05) is 24.3 Å². The number of nitrogens with zero attached hydrogens (tertiary/aromatic N) is 1. The second-order valence-corrected chi connectivity index (χ2v) is 10.2. The molecule has 2 aromatic rings.